The zero-order valence-electron chi connectivity index (χ0n) is 17.7. The highest BCUT2D eigenvalue weighted by Gasteiger charge is 2.15. The highest BCUT2D eigenvalue weighted by molar-refractivity contribution is 6.40. The fourth-order valence-corrected chi connectivity index (χ4v) is 2.92. The van der Waals surface area contributed by atoms with Crippen molar-refractivity contribution in [3.8, 4) is 5.75 Å². The van der Waals surface area contributed by atoms with E-state index >= 15 is 0 Å². The molecular formula is C24H19ClFN3O4. The van der Waals surface area contributed by atoms with Crippen molar-refractivity contribution in [2.45, 2.75) is 13.8 Å². The Hall–Kier alpha value is -4.04. The molecule has 0 radical (unpaired) electrons. The van der Waals surface area contributed by atoms with Crippen LogP contribution in [0.15, 0.2) is 71.8 Å². The lowest BCUT2D eigenvalue weighted by atomic mass is 10.1. The van der Waals surface area contributed by atoms with Crippen molar-refractivity contribution < 1.29 is 23.5 Å². The Morgan fingerprint density at radius 1 is 0.970 bits per heavy atom. The van der Waals surface area contributed by atoms with Crippen LogP contribution in [0.3, 0.4) is 0 Å². The Bertz CT molecular complexity index is 1240. The predicted octanol–water partition coefficient (Wildman–Crippen LogP) is 4.49. The number of nitrogens with one attached hydrogen (secondary N) is 2. The summed E-state index contributed by atoms with van der Waals surface area (Å²) in [5.74, 6) is -2.77. The Morgan fingerprint density at radius 2 is 1.67 bits per heavy atom. The van der Waals surface area contributed by atoms with Gasteiger partial charge in [0.2, 0.25) is 0 Å². The van der Waals surface area contributed by atoms with E-state index in [2.05, 4.69) is 15.8 Å². The van der Waals surface area contributed by atoms with Crippen molar-refractivity contribution >= 4 is 40.8 Å². The van der Waals surface area contributed by atoms with Crippen molar-refractivity contribution in [3.63, 3.8) is 0 Å². The number of nitrogens with zero attached hydrogens (tertiary/aromatic N) is 1. The lowest BCUT2D eigenvalue weighted by Crippen LogP contribution is -2.32. The van der Waals surface area contributed by atoms with Gasteiger partial charge in [-0.25, -0.2) is 14.6 Å². The van der Waals surface area contributed by atoms with Crippen LogP contribution in [0.5, 0.6) is 5.75 Å². The van der Waals surface area contributed by atoms with Gasteiger partial charge in [-0.2, -0.15) is 5.10 Å². The molecule has 0 aromatic heterocycles. The fourth-order valence-electron chi connectivity index (χ4n) is 2.74. The molecule has 168 valence electrons. The highest BCUT2D eigenvalue weighted by atomic mass is 35.5. The van der Waals surface area contributed by atoms with Gasteiger partial charge < -0.3 is 10.1 Å². The van der Waals surface area contributed by atoms with Gasteiger partial charge in [-0.1, -0.05) is 29.8 Å². The van der Waals surface area contributed by atoms with Crippen LogP contribution in [0.2, 0.25) is 5.02 Å². The number of hydrogen-bond donors (Lipinski definition) is 2. The van der Waals surface area contributed by atoms with Gasteiger partial charge in [-0.05, 0) is 73.5 Å². The van der Waals surface area contributed by atoms with Gasteiger partial charge >= 0.3 is 17.8 Å². The average molecular weight is 468 g/mol. The monoisotopic (exact) mass is 467 g/mol. The maximum absolute atomic E-state index is 13.2. The number of halogens is 2. The van der Waals surface area contributed by atoms with Crippen LogP contribution in [0.4, 0.5) is 10.1 Å². The van der Waals surface area contributed by atoms with Crippen molar-refractivity contribution in [2.24, 2.45) is 5.10 Å². The largest absolute Gasteiger partial charge is 0.423 e. The minimum atomic E-state index is -1.02. The molecule has 33 heavy (non-hydrogen) atoms. The van der Waals surface area contributed by atoms with E-state index in [-0.39, 0.29) is 10.7 Å². The Labute approximate surface area is 194 Å². The van der Waals surface area contributed by atoms with Crippen LogP contribution in [0.1, 0.15) is 28.4 Å². The molecule has 2 amide bonds. The van der Waals surface area contributed by atoms with Crippen LogP contribution >= 0.6 is 11.6 Å². The first-order valence-corrected chi connectivity index (χ1v) is 10.1. The normalized spacial score (nSPS) is 11.0. The number of rotatable bonds is 5. The lowest BCUT2D eigenvalue weighted by Gasteiger charge is -2.08. The van der Waals surface area contributed by atoms with E-state index in [9.17, 15) is 18.8 Å². The summed E-state index contributed by atoms with van der Waals surface area (Å²) in [6, 6.07) is 17.1. The third-order valence-corrected chi connectivity index (χ3v) is 4.85. The van der Waals surface area contributed by atoms with E-state index in [0.29, 0.717) is 22.6 Å². The SMILES string of the molecule is C/C(=N\NC(=O)C(=O)Nc1ccc(F)c(Cl)c1)c1ccc(OC(=O)c2ccccc2C)cc1. The third kappa shape index (κ3) is 6.24. The summed E-state index contributed by atoms with van der Waals surface area (Å²) in [6.07, 6.45) is 0. The number of anilines is 1. The number of benzene rings is 3. The second-order valence-electron chi connectivity index (χ2n) is 6.95. The van der Waals surface area contributed by atoms with Crippen molar-refractivity contribution in [1.82, 2.24) is 5.43 Å². The van der Waals surface area contributed by atoms with E-state index in [4.69, 9.17) is 16.3 Å². The molecule has 0 aliphatic heterocycles. The third-order valence-electron chi connectivity index (χ3n) is 4.56. The van der Waals surface area contributed by atoms with Gasteiger partial charge in [0.05, 0.1) is 16.3 Å². The predicted molar refractivity (Wildman–Crippen MR) is 123 cm³/mol. The maximum atomic E-state index is 13.2. The molecule has 2 N–H and O–H groups in total. The number of esters is 1. The highest BCUT2D eigenvalue weighted by Crippen LogP contribution is 2.19. The number of aryl methyl sites for hydroxylation is 1. The van der Waals surface area contributed by atoms with Crippen molar-refractivity contribution in [3.05, 3.63) is 94.3 Å². The molecule has 3 rings (SSSR count). The van der Waals surface area contributed by atoms with Gasteiger partial charge in [0, 0.05) is 5.69 Å². The zero-order chi connectivity index (χ0) is 24.0. The summed E-state index contributed by atoms with van der Waals surface area (Å²) >= 11 is 5.65. The summed E-state index contributed by atoms with van der Waals surface area (Å²) in [5.41, 5.74) is 4.65. The van der Waals surface area contributed by atoms with Crippen LogP contribution in [0, 0.1) is 12.7 Å². The minimum absolute atomic E-state index is 0.165. The summed E-state index contributed by atoms with van der Waals surface area (Å²) in [7, 11) is 0. The zero-order valence-corrected chi connectivity index (χ0v) is 18.4. The van der Waals surface area contributed by atoms with E-state index in [1.165, 1.54) is 12.1 Å². The molecule has 0 saturated carbocycles. The lowest BCUT2D eigenvalue weighted by molar-refractivity contribution is -0.136. The Balaban J connectivity index is 1.58. The van der Waals surface area contributed by atoms with E-state index in [1.807, 2.05) is 19.1 Å². The minimum Gasteiger partial charge on any atom is -0.423 e. The number of carbonyl (C=O) groups excluding carboxylic acids is 3. The second kappa shape index (κ2) is 10.5. The van der Waals surface area contributed by atoms with Crippen molar-refractivity contribution in [1.29, 1.82) is 0 Å². The number of hydrazone groups is 1. The number of ether oxygens (including phenoxy) is 1. The molecule has 0 spiro atoms. The molecule has 3 aromatic carbocycles. The van der Waals surface area contributed by atoms with Crippen LogP contribution in [-0.2, 0) is 9.59 Å². The second-order valence-corrected chi connectivity index (χ2v) is 7.36. The van der Waals surface area contributed by atoms with Crippen LogP contribution in [-0.4, -0.2) is 23.5 Å². The number of amides is 2. The molecule has 0 aliphatic rings. The molecule has 0 fully saturated rings. The van der Waals surface area contributed by atoms with E-state index < -0.39 is 23.6 Å². The number of carbonyl (C=O) groups is 3. The topological polar surface area (TPSA) is 96.9 Å². The molecule has 0 atom stereocenters. The Morgan fingerprint density at radius 3 is 2.33 bits per heavy atom. The van der Waals surface area contributed by atoms with Gasteiger partial charge in [-0.15, -0.1) is 0 Å². The van der Waals surface area contributed by atoms with Crippen LogP contribution in [0.25, 0.3) is 0 Å². The maximum Gasteiger partial charge on any atom is 0.343 e. The molecule has 9 heteroatoms. The Kier molecular flexibility index (Phi) is 7.53. The first-order chi connectivity index (χ1) is 15.7. The van der Waals surface area contributed by atoms with Gasteiger partial charge in [0.25, 0.3) is 0 Å². The number of hydrogen-bond acceptors (Lipinski definition) is 5. The molecule has 0 aliphatic carbocycles. The fraction of sp³-hybridized carbons (Fsp3) is 0.0833. The summed E-state index contributed by atoms with van der Waals surface area (Å²) in [5, 5.41) is 6.01. The molecule has 0 heterocycles. The first kappa shape index (κ1) is 23.6. The molecule has 0 bridgehead atoms. The summed E-state index contributed by atoms with van der Waals surface area (Å²) < 4.78 is 18.6. The molecule has 0 unspecified atom stereocenters. The smallest absolute Gasteiger partial charge is 0.343 e. The molecule has 0 saturated heterocycles. The van der Waals surface area contributed by atoms with Crippen molar-refractivity contribution in [2.75, 3.05) is 5.32 Å². The van der Waals surface area contributed by atoms with Gasteiger partial charge in [0.1, 0.15) is 11.6 Å². The van der Waals surface area contributed by atoms with Gasteiger partial charge in [-0.3, -0.25) is 9.59 Å². The van der Waals surface area contributed by atoms with E-state index in [1.54, 1.807) is 43.3 Å². The molecule has 3 aromatic rings. The summed E-state index contributed by atoms with van der Waals surface area (Å²) in [4.78, 5) is 36.3. The first-order valence-electron chi connectivity index (χ1n) is 9.73. The quantitative estimate of drug-likeness (QED) is 0.190. The average Bonchev–Trinajstić information content (AvgIpc) is 2.80. The van der Waals surface area contributed by atoms with E-state index in [0.717, 1.165) is 11.6 Å². The molecule has 7 nitrogen and oxygen atoms in total. The van der Waals surface area contributed by atoms with Crippen LogP contribution < -0.4 is 15.5 Å². The summed E-state index contributed by atoms with van der Waals surface area (Å²) in [6.45, 7) is 3.45. The van der Waals surface area contributed by atoms with Gasteiger partial charge in [0.15, 0.2) is 0 Å². The standard InChI is InChI=1S/C24H19ClFN3O4/c1-14-5-3-4-6-19(14)24(32)33-18-10-7-16(8-11-18)15(2)28-29-23(31)22(30)27-17-9-12-21(26)20(25)13-17/h3-13H,1-2H3,(H,27,30)(H,29,31)/b28-15+. The molecular weight excluding hydrogens is 449 g/mol.